The van der Waals surface area contributed by atoms with Crippen molar-refractivity contribution in [2.24, 2.45) is 0 Å². The Labute approximate surface area is 90.2 Å². The van der Waals surface area contributed by atoms with E-state index in [1.165, 1.54) is 0 Å². The maximum atomic E-state index is 0. The van der Waals surface area contributed by atoms with Crippen LogP contribution in [0.25, 0.3) is 0 Å². The Bertz CT molecular complexity index is 8.75. The fourth-order valence-electron chi connectivity index (χ4n) is 0. The smallest absolute Gasteiger partial charge is 0 e. The minimum absolute atomic E-state index is 0. The first-order chi connectivity index (χ1) is 0. The first kappa shape index (κ1) is 74.0. The van der Waals surface area contributed by atoms with E-state index < -0.39 is 0 Å². The van der Waals surface area contributed by atoms with Crippen LogP contribution < -0.4 is 0 Å². The van der Waals surface area contributed by atoms with Gasteiger partial charge in [0.1, 0.15) is 0 Å². The summed E-state index contributed by atoms with van der Waals surface area (Å²) in [6.07, 6.45) is 0. The summed E-state index contributed by atoms with van der Waals surface area (Å²) in [5.41, 5.74) is 0. The Morgan fingerprint density at radius 1 is 0.500 bits per heavy atom. The molecule has 0 aliphatic rings. The Hall–Kier alpha value is 2.58. The van der Waals surface area contributed by atoms with E-state index in [9.17, 15) is 0 Å². The molecule has 0 aromatic heterocycles. The van der Waals surface area contributed by atoms with E-state index in [-0.39, 0.29) is 91.1 Å². The van der Waals surface area contributed by atoms with Crippen molar-refractivity contribution < 1.29 is 50.6 Å². The van der Waals surface area contributed by atoms with E-state index >= 15 is 0 Å². The standard InChI is InChI=1S/2Fe.Ni.3H2S/h;;;3*1H2. The normalized spacial score (nSPS) is 0. The summed E-state index contributed by atoms with van der Waals surface area (Å²) in [6, 6.07) is 0. The first-order valence-corrected chi connectivity index (χ1v) is 0. The monoisotopic (exact) mass is 272 g/mol. The predicted octanol–water partition coefficient (Wildman–Crippen LogP) is 0.331. The number of rotatable bonds is 0. The molecule has 0 N–H and O–H groups in total. The quantitative estimate of drug-likeness (QED) is 0.558. The van der Waals surface area contributed by atoms with Gasteiger partial charge in [0.2, 0.25) is 0 Å². The van der Waals surface area contributed by atoms with Gasteiger partial charge in [0.05, 0.1) is 0 Å². The summed E-state index contributed by atoms with van der Waals surface area (Å²) in [5.74, 6) is 0. The zero-order chi connectivity index (χ0) is 0. The third-order valence-electron chi connectivity index (χ3n) is 0. The van der Waals surface area contributed by atoms with Gasteiger partial charge in [-0.15, -0.1) is 0 Å². The Balaban J connectivity index is 0. The summed E-state index contributed by atoms with van der Waals surface area (Å²) < 4.78 is 0. The van der Waals surface area contributed by atoms with Crippen molar-refractivity contribution in [2.75, 3.05) is 0 Å². The summed E-state index contributed by atoms with van der Waals surface area (Å²) in [6.45, 7) is 0. The molecule has 0 aliphatic carbocycles. The molecule has 0 unspecified atom stereocenters. The molecule has 50 valence electrons. The van der Waals surface area contributed by atoms with Crippen molar-refractivity contribution in [3.63, 3.8) is 0 Å². The molecule has 0 heterocycles. The van der Waals surface area contributed by atoms with Gasteiger partial charge in [-0.2, -0.15) is 40.5 Å². The van der Waals surface area contributed by atoms with Crippen LogP contribution in [0.4, 0.5) is 0 Å². The fourth-order valence-corrected chi connectivity index (χ4v) is 0. The van der Waals surface area contributed by atoms with Crippen molar-refractivity contribution in [3.8, 4) is 0 Å². The molecular weight excluding hydrogens is 267 g/mol. The predicted molar refractivity (Wildman–Crippen MR) is 31.1 cm³/mol. The van der Waals surface area contributed by atoms with Gasteiger partial charge in [-0.25, -0.2) is 0 Å². The van der Waals surface area contributed by atoms with E-state index in [1.807, 2.05) is 0 Å². The topological polar surface area (TPSA) is 0 Å². The minimum Gasteiger partial charge on any atom is -0.197 e. The maximum absolute atomic E-state index is 0. The zero-order valence-corrected chi connectivity index (χ0v) is 8.72. The summed E-state index contributed by atoms with van der Waals surface area (Å²) in [5, 5.41) is 0. The van der Waals surface area contributed by atoms with Gasteiger partial charge in [-0.3, -0.25) is 0 Å². The van der Waals surface area contributed by atoms with Crippen LogP contribution >= 0.6 is 40.5 Å². The molecule has 0 fully saturated rings. The van der Waals surface area contributed by atoms with E-state index in [0.717, 1.165) is 0 Å². The molecule has 0 saturated carbocycles. The molecule has 0 spiro atoms. The Morgan fingerprint density at radius 3 is 0.500 bits per heavy atom. The zero-order valence-electron chi connectivity index (χ0n) is 2.52. The second-order valence-corrected chi connectivity index (χ2v) is 0. The molecule has 0 amide bonds. The van der Waals surface area contributed by atoms with Gasteiger partial charge < -0.3 is 0 Å². The van der Waals surface area contributed by atoms with Crippen molar-refractivity contribution in [2.45, 2.75) is 0 Å². The van der Waals surface area contributed by atoms with E-state index in [0.29, 0.717) is 0 Å². The van der Waals surface area contributed by atoms with Crippen molar-refractivity contribution >= 4 is 40.5 Å². The average molecular weight is 273 g/mol. The largest absolute Gasteiger partial charge is 0.197 e. The van der Waals surface area contributed by atoms with E-state index in [4.69, 9.17) is 0 Å². The van der Waals surface area contributed by atoms with Gasteiger partial charge in [-0.1, -0.05) is 0 Å². The van der Waals surface area contributed by atoms with Crippen LogP contribution in [0.3, 0.4) is 0 Å². The van der Waals surface area contributed by atoms with Gasteiger partial charge in [0.25, 0.3) is 0 Å². The van der Waals surface area contributed by atoms with Gasteiger partial charge in [-0.05, 0) is 0 Å². The summed E-state index contributed by atoms with van der Waals surface area (Å²) in [4.78, 5) is 0. The molecule has 6 heteroatoms. The van der Waals surface area contributed by atoms with Crippen LogP contribution in [0.15, 0.2) is 0 Å². The van der Waals surface area contributed by atoms with Gasteiger partial charge in [0, 0.05) is 50.6 Å². The molecule has 0 radical (unpaired) electrons. The third-order valence-corrected chi connectivity index (χ3v) is 0. The van der Waals surface area contributed by atoms with Crippen LogP contribution in [-0.2, 0) is 50.6 Å². The van der Waals surface area contributed by atoms with Crippen LogP contribution in [0.2, 0.25) is 0 Å². The second kappa shape index (κ2) is 49.3. The van der Waals surface area contributed by atoms with E-state index in [2.05, 4.69) is 0 Å². The van der Waals surface area contributed by atoms with Crippen LogP contribution in [0, 0.1) is 0 Å². The molecule has 0 aromatic rings. The van der Waals surface area contributed by atoms with Crippen LogP contribution in [-0.4, -0.2) is 0 Å². The molecule has 0 atom stereocenters. The number of hydrogen-bond acceptors (Lipinski definition) is 0. The molecular formula is H6Fe2NiS3. The third kappa shape index (κ3) is 30.8. The van der Waals surface area contributed by atoms with Gasteiger partial charge >= 0.3 is 0 Å². The summed E-state index contributed by atoms with van der Waals surface area (Å²) >= 11 is 0. The first-order valence-electron chi connectivity index (χ1n) is 0. The van der Waals surface area contributed by atoms with Crippen molar-refractivity contribution in [1.29, 1.82) is 0 Å². The molecule has 0 nitrogen and oxygen atoms in total. The summed E-state index contributed by atoms with van der Waals surface area (Å²) in [7, 11) is 0. The minimum atomic E-state index is 0. The van der Waals surface area contributed by atoms with Gasteiger partial charge in [0.15, 0.2) is 0 Å². The Morgan fingerprint density at radius 2 is 0.500 bits per heavy atom. The molecule has 0 aliphatic heterocycles. The molecule has 6 heavy (non-hydrogen) atoms. The maximum Gasteiger partial charge on any atom is 0 e. The second-order valence-electron chi connectivity index (χ2n) is 0. The SMILES string of the molecule is S.S.S.[Fe].[Fe].[Ni]. The molecule has 0 rings (SSSR count). The fraction of sp³-hybridized carbons (Fsp3) is 0. The molecule has 0 bridgehead atoms. The van der Waals surface area contributed by atoms with Crippen molar-refractivity contribution in [3.05, 3.63) is 0 Å². The average Bonchev–Trinajstić information content (AvgIpc) is 0. The molecule has 0 aromatic carbocycles. The van der Waals surface area contributed by atoms with Crippen molar-refractivity contribution in [1.82, 2.24) is 0 Å². The van der Waals surface area contributed by atoms with E-state index in [1.54, 1.807) is 0 Å². The van der Waals surface area contributed by atoms with Crippen LogP contribution in [0.5, 0.6) is 0 Å². The van der Waals surface area contributed by atoms with Crippen LogP contribution in [0.1, 0.15) is 0 Å². The molecule has 0 saturated heterocycles. The number of hydrogen-bond donors (Lipinski definition) is 0. The Kier molecular flexibility index (Phi) is 607.